The zero-order valence-corrected chi connectivity index (χ0v) is 14.9. The highest BCUT2D eigenvalue weighted by atomic mass is 16.1. The highest BCUT2D eigenvalue weighted by Gasteiger charge is 2.16. The van der Waals surface area contributed by atoms with Gasteiger partial charge in [0.15, 0.2) is 5.82 Å². The molecular formula is C21H22N4O. The lowest BCUT2D eigenvalue weighted by Crippen LogP contribution is -2.21. The highest BCUT2D eigenvalue weighted by Crippen LogP contribution is 2.28. The molecule has 5 nitrogen and oxygen atoms in total. The van der Waals surface area contributed by atoms with Gasteiger partial charge in [-0.25, -0.2) is 9.97 Å². The van der Waals surface area contributed by atoms with Crippen LogP contribution in [0.4, 0.5) is 11.5 Å². The Morgan fingerprint density at radius 1 is 1.08 bits per heavy atom. The molecule has 1 unspecified atom stereocenters. The molecule has 0 aliphatic carbocycles. The van der Waals surface area contributed by atoms with Crippen molar-refractivity contribution in [1.82, 2.24) is 9.97 Å². The van der Waals surface area contributed by atoms with E-state index in [1.807, 2.05) is 68.4 Å². The van der Waals surface area contributed by atoms with Crippen molar-refractivity contribution in [2.24, 2.45) is 5.92 Å². The van der Waals surface area contributed by atoms with E-state index in [1.54, 1.807) is 6.20 Å². The van der Waals surface area contributed by atoms with Crippen LogP contribution in [0.5, 0.6) is 0 Å². The van der Waals surface area contributed by atoms with Crippen molar-refractivity contribution in [3.05, 3.63) is 60.8 Å². The minimum absolute atomic E-state index is 0.0563. The van der Waals surface area contributed by atoms with Crippen molar-refractivity contribution in [2.75, 3.05) is 11.1 Å². The molecule has 1 atom stereocenters. The molecule has 1 aromatic heterocycles. The maximum atomic E-state index is 12.3. The number of carbonyl (C=O) groups is 1. The zero-order chi connectivity index (χ0) is 18.5. The lowest BCUT2D eigenvalue weighted by Gasteiger charge is -2.14. The molecule has 0 radical (unpaired) electrons. The van der Waals surface area contributed by atoms with Crippen molar-refractivity contribution in [3.63, 3.8) is 0 Å². The second kappa shape index (κ2) is 7.78. The van der Waals surface area contributed by atoms with Gasteiger partial charge in [-0.1, -0.05) is 56.3 Å². The van der Waals surface area contributed by atoms with Gasteiger partial charge < -0.3 is 11.1 Å². The maximum Gasteiger partial charge on any atom is 0.228 e. The number of amides is 1. The first-order valence-electron chi connectivity index (χ1n) is 8.67. The molecule has 0 bridgehead atoms. The van der Waals surface area contributed by atoms with E-state index in [2.05, 4.69) is 10.3 Å². The van der Waals surface area contributed by atoms with Crippen LogP contribution in [-0.2, 0) is 4.79 Å². The summed E-state index contributed by atoms with van der Waals surface area (Å²) in [6.45, 7) is 3.88. The average Bonchev–Trinajstić information content (AvgIpc) is 2.69. The van der Waals surface area contributed by atoms with E-state index < -0.39 is 0 Å². The summed E-state index contributed by atoms with van der Waals surface area (Å²) in [5, 5.41) is 2.91. The van der Waals surface area contributed by atoms with Crippen LogP contribution in [0.25, 0.3) is 22.5 Å². The molecule has 0 saturated heterocycles. The number of rotatable bonds is 5. The van der Waals surface area contributed by atoms with E-state index in [-0.39, 0.29) is 11.8 Å². The molecule has 3 N–H and O–H groups in total. The first-order chi connectivity index (χ1) is 12.6. The van der Waals surface area contributed by atoms with Crippen LogP contribution < -0.4 is 11.1 Å². The minimum Gasteiger partial charge on any atom is -0.399 e. The topological polar surface area (TPSA) is 80.9 Å². The van der Waals surface area contributed by atoms with Gasteiger partial charge >= 0.3 is 0 Å². The lowest BCUT2D eigenvalue weighted by molar-refractivity contribution is -0.119. The normalized spacial score (nSPS) is 11.8. The fourth-order valence-corrected chi connectivity index (χ4v) is 2.50. The quantitative estimate of drug-likeness (QED) is 0.672. The number of hydrogen-bond donors (Lipinski definition) is 2. The molecule has 1 amide bonds. The van der Waals surface area contributed by atoms with Crippen LogP contribution in [0, 0.1) is 5.92 Å². The van der Waals surface area contributed by atoms with Crippen LogP contribution in [0.2, 0.25) is 0 Å². The number of anilines is 2. The van der Waals surface area contributed by atoms with Crippen LogP contribution in [0.3, 0.4) is 0 Å². The number of nitrogen functional groups attached to an aromatic ring is 1. The Bertz CT molecular complexity index is 892. The lowest BCUT2D eigenvalue weighted by atomic mass is 10.1. The number of aromatic nitrogens is 2. The van der Waals surface area contributed by atoms with Crippen LogP contribution in [-0.4, -0.2) is 15.9 Å². The first kappa shape index (κ1) is 17.6. The standard InChI is InChI=1S/C21H22N4O/c1-3-14(2)21(26)25-20-19(16-7-5-4-6-8-16)24-18(13-23-20)15-9-11-17(22)12-10-15/h4-14H,3,22H2,1-2H3,(H,23,25,26). The third kappa shape index (κ3) is 3.88. The van der Waals surface area contributed by atoms with Gasteiger partial charge in [-0.3, -0.25) is 4.79 Å². The second-order valence-corrected chi connectivity index (χ2v) is 6.24. The Balaban J connectivity index is 2.04. The van der Waals surface area contributed by atoms with Crippen molar-refractivity contribution >= 4 is 17.4 Å². The maximum absolute atomic E-state index is 12.3. The molecule has 132 valence electrons. The first-order valence-corrected chi connectivity index (χ1v) is 8.67. The molecule has 0 aliphatic rings. The molecular weight excluding hydrogens is 324 g/mol. The van der Waals surface area contributed by atoms with Crippen molar-refractivity contribution in [1.29, 1.82) is 0 Å². The SMILES string of the molecule is CCC(C)C(=O)Nc1ncc(-c2ccc(N)cc2)nc1-c1ccccc1. The molecule has 0 aliphatic heterocycles. The number of benzene rings is 2. The number of nitrogens with zero attached hydrogens (tertiary/aromatic N) is 2. The van der Waals surface area contributed by atoms with E-state index in [0.29, 0.717) is 17.2 Å². The Morgan fingerprint density at radius 3 is 2.42 bits per heavy atom. The van der Waals surface area contributed by atoms with Gasteiger partial charge in [0, 0.05) is 22.7 Å². The summed E-state index contributed by atoms with van der Waals surface area (Å²) in [6, 6.07) is 17.2. The van der Waals surface area contributed by atoms with E-state index >= 15 is 0 Å². The largest absolute Gasteiger partial charge is 0.399 e. The van der Waals surface area contributed by atoms with Crippen molar-refractivity contribution in [2.45, 2.75) is 20.3 Å². The zero-order valence-electron chi connectivity index (χ0n) is 14.9. The molecule has 2 aromatic carbocycles. The van der Waals surface area contributed by atoms with Crippen LogP contribution in [0.1, 0.15) is 20.3 Å². The van der Waals surface area contributed by atoms with E-state index in [1.165, 1.54) is 0 Å². The Morgan fingerprint density at radius 2 is 1.77 bits per heavy atom. The number of nitrogens with one attached hydrogen (secondary N) is 1. The molecule has 0 saturated carbocycles. The third-order valence-corrected chi connectivity index (χ3v) is 4.33. The summed E-state index contributed by atoms with van der Waals surface area (Å²) >= 11 is 0. The molecule has 1 heterocycles. The summed E-state index contributed by atoms with van der Waals surface area (Å²) in [7, 11) is 0. The van der Waals surface area contributed by atoms with Gasteiger partial charge in [-0.2, -0.15) is 0 Å². The molecule has 26 heavy (non-hydrogen) atoms. The van der Waals surface area contributed by atoms with Gasteiger partial charge in [0.25, 0.3) is 0 Å². The van der Waals surface area contributed by atoms with Crippen molar-refractivity contribution < 1.29 is 4.79 Å². The van der Waals surface area contributed by atoms with Crippen LogP contribution in [0.15, 0.2) is 60.8 Å². The monoisotopic (exact) mass is 346 g/mol. The summed E-state index contributed by atoms with van der Waals surface area (Å²) in [6.07, 6.45) is 2.44. The van der Waals surface area contributed by atoms with Crippen molar-refractivity contribution in [3.8, 4) is 22.5 Å². The van der Waals surface area contributed by atoms with Gasteiger partial charge in [0.1, 0.15) is 5.69 Å². The number of hydrogen-bond acceptors (Lipinski definition) is 4. The average molecular weight is 346 g/mol. The summed E-state index contributed by atoms with van der Waals surface area (Å²) in [4.78, 5) is 21.6. The predicted molar refractivity (Wildman–Crippen MR) is 105 cm³/mol. The van der Waals surface area contributed by atoms with Gasteiger partial charge in [-0.05, 0) is 18.6 Å². The molecule has 3 aromatic rings. The van der Waals surface area contributed by atoms with E-state index in [9.17, 15) is 4.79 Å². The van der Waals surface area contributed by atoms with E-state index in [4.69, 9.17) is 10.7 Å². The Labute approximate surface area is 153 Å². The number of carbonyl (C=O) groups excluding carboxylic acids is 1. The summed E-state index contributed by atoms with van der Waals surface area (Å²) in [5.41, 5.74) is 9.66. The Kier molecular flexibility index (Phi) is 5.27. The summed E-state index contributed by atoms with van der Waals surface area (Å²) < 4.78 is 0. The smallest absolute Gasteiger partial charge is 0.228 e. The van der Waals surface area contributed by atoms with Gasteiger partial charge in [0.2, 0.25) is 5.91 Å². The van der Waals surface area contributed by atoms with Gasteiger partial charge in [0.05, 0.1) is 11.9 Å². The minimum atomic E-state index is -0.0859. The third-order valence-electron chi connectivity index (χ3n) is 4.33. The summed E-state index contributed by atoms with van der Waals surface area (Å²) in [5.74, 6) is 0.331. The second-order valence-electron chi connectivity index (χ2n) is 6.24. The molecule has 0 fully saturated rings. The fourth-order valence-electron chi connectivity index (χ4n) is 2.50. The Hall–Kier alpha value is -3.21. The molecule has 3 rings (SSSR count). The van der Waals surface area contributed by atoms with E-state index in [0.717, 1.165) is 23.2 Å². The fraction of sp³-hybridized carbons (Fsp3) is 0.190. The molecule has 0 spiro atoms. The predicted octanol–water partition coefficient (Wildman–Crippen LogP) is 4.38. The number of nitrogens with two attached hydrogens (primary N) is 1. The van der Waals surface area contributed by atoms with Crippen LogP contribution >= 0.6 is 0 Å². The molecule has 5 heteroatoms. The van der Waals surface area contributed by atoms with Gasteiger partial charge in [-0.15, -0.1) is 0 Å². The highest BCUT2D eigenvalue weighted by molar-refractivity contribution is 5.94.